The molecule has 0 saturated carbocycles. The normalized spacial score (nSPS) is 11.6. The van der Waals surface area contributed by atoms with Gasteiger partial charge in [-0.1, -0.05) is 6.92 Å². The average Bonchev–Trinajstić information content (AvgIpc) is 2.38. The number of methoxy groups -OCH3 is 2. The molecule has 0 saturated heterocycles. The molecular formula is C13H20N2O2S. The van der Waals surface area contributed by atoms with E-state index in [4.69, 9.17) is 21.7 Å². The first-order valence-electron chi connectivity index (χ1n) is 5.90. The van der Waals surface area contributed by atoms with Crippen LogP contribution in [0.1, 0.15) is 20.3 Å². The highest BCUT2D eigenvalue weighted by Crippen LogP contribution is 2.28. The maximum atomic E-state index is 5.29. The van der Waals surface area contributed by atoms with Gasteiger partial charge in [0.1, 0.15) is 11.5 Å². The fourth-order valence-corrected chi connectivity index (χ4v) is 1.70. The molecule has 0 aromatic heterocycles. The van der Waals surface area contributed by atoms with Crippen LogP contribution in [0.25, 0.3) is 0 Å². The molecule has 0 aliphatic heterocycles. The molecule has 0 aliphatic carbocycles. The maximum absolute atomic E-state index is 5.29. The Morgan fingerprint density at radius 3 is 2.61 bits per heavy atom. The molecular weight excluding hydrogens is 248 g/mol. The first-order valence-corrected chi connectivity index (χ1v) is 6.31. The molecule has 1 aromatic rings. The van der Waals surface area contributed by atoms with E-state index in [1.807, 2.05) is 18.2 Å². The van der Waals surface area contributed by atoms with Crippen LogP contribution < -0.4 is 20.1 Å². The lowest BCUT2D eigenvalue weighted by Crippen LogP contribution is -2.35. The summed E-state index contributed by atoms with van der Waals surface area (Å²) in [6, 6.07) is 5.89. The molecule has 0 radical (unpaired) electrons. The highest BCUT2D eigenvalue weighted by molar-refractivity contribution is 7.80. The van der Waals surface area contributed by atoms with Crippen LogP contribution in [0.2, 0.25) is 0 Å². The van der Waals surface area contributed by atoms with E-state index >= 15 is 0 Å². The highest BCUT2D eigenvalue weighted by atomic mass is 32.1. The molecule has 1 atom stereocenters. The molecule has 0 unspecified atom stereocenters. The largest absolute Gasteiger partial charge is 0.497 e. The Kier molecular flexibility index (Phi) is 5.71. The standard InChI is InChI=1S/C13H20N2O2S/c1-5-9(2)14-13(18)15-11-7-6-10(16-3)8-12(11)17-4/h6-9H,5H2,1-4H3,(H2,14,15,18)/t9-/m0/s1. The molecule has 0 spiro atoms. The second kappa shape index (κ2) is 7.06. The Balaban J connectivity index is 2.74. The van der Waals surface area contributed by atoms with Crippen molar-refractivity contribution in [3.63, 3.8) is 0 Å². The van der Waals surface area contributed by atoms with E-state index in [2.05, 4.69) is 24.5 Å². The summed E-state index contributed by atoms with van der Waals surface area (Å²) in [4.78, 5) is 0. The molecule has 18 heavy (non-hydrogen) atoms. The van der Waals surface area contributed by atoms with Crippen LogP contribution in [0, 0.1) is 0 Å². The minimum absolute atomic E-state index is 0.342. The number of anilines is 1. The van der Waals surface area contributed by atoms with Gasteiger partial charge in [0.2, 0.25) is 0 Å². The van der Waals surface area contributed by atoms with Gasteiger partial charge in [0.15, 0.2) is 5.11 Å². The highest BCUT2D eigenvalue weighted by Gasteiger charge is 2.07. The van der Waals surface area contributed by atoms with E-state index in [9.17, 15) is 0 Å². The molecule has 100 valence electrons. The third-order valence-corrected chi connectivity index (χ3v) is 2.87. The Labute approximate surface area is 114 Å². The van der Waals surface area contributed by atoms with Crippen molar-refractivity contribution < 1.29 is 9.47 Å². The molecule has 1 aromatic carbocycles. The SMILES string of the molecule is CC[C@H](C)NC(=S)Nc1ccc(OC)cc1OC. The topological polar surface area (TPSA) is 42.5 Å². The third-order valence-electron chi connectivity index (χ3n) is 2.65. The van der Waals surface area contributed by atoms with Crippen molar-refractivity contribution in [1.82, 2.24) is 5.32 Å². The van der Waals surface area contributed by atoms with Gasteiger partial charge in [-0.15, -0.1) is 0 Å². The maximum Gasteiger partial charge on any atom is 0.171 e. The van der Waals surface area contributed by atoms with Gasteiger partial charge in [-0.25, -0.2) is 0 Å². The van der Waals surface area contributed by atoms with E-state index in [1.165, 1.54) is 0 Å². The number of hydrogen-bond acceptors (Lipinski definition) is 3. The predicted octanol–water partition coefficient (Wildman–Crippen LogP) is 2.79. The molecule has 1 rings (SSSR count). The quantitative estimate of drug-likeness (QED) is 0.804. The van der Waals surface area contributed by atoms with Crippen LogP contribution in [-0.4, -0.2) is 25.4 Å². The summed E-state index contributed by atoms with van der Waals surface area (Å²) in [6.07, 6.45) is 1.02. The van der Waals surface area contributed by atoms with E-state index in [1.54, 1.807) is 14.2 Å². The van der Waals surface area contributed by atoms with Crippen molar-refractivity contribution in [1.29, 1.82) is 0 Å². The monoisotopic (exact) mass is 268 g/mol. The molecule has 0 bridgehead atoms. The van der Waals surface area contributed by atoms with Crippen molar-refractivity contribution in [2.24, 2.45) is 0 Å². The summed E-state index contributed by atoms with van der Waals surface area (Å²) >= 11 is 5.24. The van der Waals surface area contributed by atoms with Crippen molar-refractivity contribution in [2.75, 3.05) is 19.5 Å². The van der Waals surface area contributed by atoms with E-state index in [0.717, 1.165) is 17.9 Å². The van der Waals surface area contributed by atoms with Crippen molar-refractivity contribution in [2.45, 2.75) is 26.3 Å². The first-order chi connectivity index (χ1) is 8.60. The molecule has 0 heterocycles. The summed E-state index contributed by atoms with van der Waals surface area (Å²) < 4.78 is 10.4. The molecule has 0 amide bonds. The number of hydrogen-bond donors (Lipinski definition) is 2. The number of rotatable bonds is 5. The number of ether oxygens (including phenoxy) is 2. The first kappa shape index (κ1) is 14.6. The lowest BCUT2D eigenvalue weighted by atomic mass is 10.2. The van der Waals surface area contributed by atoms with E-state index in [-0.39, 0.29) is 0 Å². The Bertz CT molecular complexity index is 410. The Hall–Kier alpha value is -1.49. The lowest BCUT2D eigenvalue weighted by molar-refractivity contribution is 0.395. The predicted molar refractivity (Wildman–Crippen MR) is 78.7 cm³/mol. The number of thiocarbonyl (C=S) groups is 1. The van der Waals surface area contributed by atoms with Crippen LogP contribution in [0.5, 0.6) is 11.5 Å². The van der Waals surface area contributed by atoms with Crippen LogP contribution in [0.15, 0.2) is 18.2 Å². The van der Waals surface area contributed by atoms with Crippen molar-refractivity contribution in [3.05, 3.63) is 18.2 Å². The van der Waals surface area contributed by atoms with Gasteiger partial charge in [0.25, 0.3) is 0 Å². The molecule has 2 N–H and O–H groups in total. The Morgan fingerprint density at radius 2 is 2.06 bits per heavy atom. The molecule has 0 fully saturated rings. The van der Waals surface area contributed by atoms with E-state index in [0.29, 0.717) is 16.9 Å². The van der Waals surface area contributed by atoms with Gasteiger partial charge in [-0.3, -0.25) is 0 Å². The lowest BCUT2D eigenvalue weighted by Gasteiger charge is -2.17. The zero-order valence-electron chi connectivity index (χ0n) is 11.2. The van der Waals surface area contributed by atoms with Gasteiger partial charge in [0, 0.05) is 12.1 Å². The third kappa shape index (κ3) is 4.07. The van der Waals surface area contributed by atoms with Crippen molar-refractivity contribution in [3.8, 4) is 11.5 Å². The Morgan fingerprint density at radius 1 is 1.33 bits per heavy atom. The fourth-order valence-electron chi connectivity index (χ4n) is 1.39. The van der Waals surface area contributed by atoms with Crippen molar-refractivity contribution >= 4 is 23.0 Å². The van der Waals surface area contributed by atoms with Crippen LogP contribution in [0.4, 0.5) is 5.69 Å². The van der Waals surface area contributed by atoms with Crippen LogP contribution in [0.3, 0.4) is 0 Å². The molecule has 0 aliphatic rings. The summed E-state index contributed by atoms with van der Waals surface area (Å²) in [6.45, 7) is 4.19. The fraction of sp³-hybridized carbons (Fsp3) is 0.462. The van der Waals surface area contributed by atoms with E-state index < -0.39 is 0 Å². The zero-order chi connectivity index (χ0) is 13.5. The summed E-state index contributed by atoms with van der Waals surface area (Å²) in [5, 5.41) is 6.90. The zero-order valence-corrected chi connectivity index (χ0v) is 12.1. The summed E-state index contributed by atoms with van der Waals surface area (Å²) in [5.41, 5.74) is 0.819. The summed E-state index contributed by atoms with van der Waals surface area (Å²) in [5.74, 6) is 1.45. The van der Waals surface area contributed by atoms with Gasteiger partial charge in [-0.05, 0) is 37.7 Å². The smallest absolute Gasteiger partial charge is 0.171 e. The minimum atomic E-state index is 0.342. The van der Waals surface area contributed by atoms with Gasteiger partial charge >= 0.3 is 0 Å². The number of benzene rings is 1. The van der Waals surface area contributed by atoms with Gasteiger partial charge < -0.3 is 20.1 Å². The number of nitrogens with one attached hydrogen (secondary N) is 2. The average molecular weight is 268 g/mol. The minimum Gasteiger partial charge on any atom is -0.497 e. The molecule has 4 nitrogen and oxygen atoms in total. The van der Waals surface area contributed by atoms with Crippen LogP contribution >= 0.6 is 12.2 Å². The molecule has 5 heteroatoms. The summed E-state index contributed by atoms with van der Waals surface area (Å²) in [7, 11) is 3.24. The second-order valence-corrected chi connectivity index (χ2v) is 4.38. The second-order valence-electron chi connectivity index (χ2n) is 3.97. The van der Waals surface area contributed by atoms with Gasteiger partial charge in [0.05, 0.1) is 19.9 Å². The van der Waals surface area contributed by atoms with Crippen LogP contribution in [-0.2, 0) is 0 Å². The van der Waals surface area contributed by atoms with Gasteiger partial charge in [-0.2, -0.15) is 0 Å².